The second-order valence-electron chi connectivity index (χ2n) is 9.22. The molecule has 1 aromatic heterocycles. The van der Waals surface area contributed by atoms with Gasteiger partial charge in [0.1, 0.15) is 15.3 Å². The molecule has 2 unspecified atom stereocenters. The van der Waals surface area contributed by atoms with Crippen molar-refractivity contribution in [3.63, 3.8) is 0 Å². The van der Waals surface area contributed by atoms with Crippen molar-refractivity contribution in [3.05, 3.63) is 43.8 Å². The quantitative estimate of drug-likeness (QED) is 0.495. The van der Waals surface area contributed by atoms with E-state index in [1.165, 1.54) is 11.0 Å². The van der Waals surface area contributed by atoms with Crippen molar-refractivity contribution in [1.29, 1.82) is 5.26 Å². The molecule has 1 saturated heterocycles. The molecule has 3 rings (SSSR count). The van der Waals surface area contributed by atoms with Crippen LogP contribution in [0, 0.1) is 23.2 Å². The highest BCUT2D eigenvalue weighted by Gasteiger charge is 2.23. The topological polar surface area (TPSA) is 119 Å². The van der Waals surface area contributed by atoms with E-state index < -0.39 is 5.91 Å². The van der Waals surface area contributed by atoms with Gasteiger partial charge in [-0.25, -0.2) is 0 Å². The van der Waals surface area contributed by atoms with Gasteiger partial charge in [-0.2, -0.15) is 5.26 Å². The van der Waals surface area contributed by atoms with E-state index in [9.17, 15) is 19.6 Å². The Morgan fingerprint density at radius 1 is 1.19 bits per heavy atom. The molecular weight excluding hydrogens is 476 g/mol. The van der Waals surface area contributed by atoms with E-state index in [2.05, 4.69) is 34.7 Å². The zero-order chi connectivity index (χ0) is 26.2. The molecule has 1 aliphatic heterocycles. The van der Waals surface area contributed by atoms with Crippen molar-refractivity contribution in [3.8, 4) is 6.07 Å². The van der Waals surface area contributed by atoms with Crippen LogP contribution in [-0.2, 0) is 16.1 Å². The van der Waals surface area contributed by atoms with Gasteiger partial charge in [0, 0.05) is 43.8 Å². The van der Waals surface area contributed by atoms with Crippen molar-refractivity contribution < 1.29 is 9.59 Å². The van der Waals surface area contributed by atoms with Gasteiger partial charge in [0.25, 0.3) is 11.5 Å². The molecule has 2 heterocycles. The van der Waals surface area contributed by atoms with Crippen LogP contribution in [0.4, 0.5) is 11.4 Å². The van der Waals surface area contributed by atoms with Crippen LogP contribution >= 0.6 is 11.3 Å². The first-order valence-electron chi connectivity index (χ1n) is 12.3. The van der Waals surface area contributed by atoms with Gasteiger partial charge in [-0.1, -0.05) is 19.9 Å². The Kier molecular flexibility index (Phi) is 9.44. The van der Waals surface area contributed by atoms with Crippen molar-refractivity contribution in [2.24, 2.45) is 11.8 Å². The lowest BCUT2D eigenvalue weighted by atomic mass is 9.92. The lowest BCUT2D eigenvalue weighted by Crippen LogP contribution is -2.42. The first-order valence-corrected chi connectivity index (χ1v) is 13.1. The highest BCUT2D eigenvalue weighted by atomic mass is 32.1. The first kappa shape index (κ1) is 27.2. The summed E-state index contributed by atoms with van der Waals surface area (Å²) in [5, 5.41) is 18.2. The van der Waals surface area contributed by atoms with Crippen molar-refractivity contribution in [2.45, 2.75) is 40.7 Å². The van der Waals surface area contributed by atoms with Crippen molar-refractivity contribution in [2.75, 3.05) is 36.8 Å². The van der Waals surface area contributed by atoms with E-state index in [-0.39, 0.29) is 17.0 Å². The molecule has 0 spiro atoms. The van der Waals surface area contributed by atoms with E-state index >= 15 is 0 Å². The summed E-state index contributed by atoms with van der Waals surface area (Å²) in [6, 6.07) is 9.19. The highest BCUT2D eigenvalue weighted by molar-refractivity contribution is 7.07. The number of rotatable bonds is 8. The summed E-state index contributed by atoms with van der Waals surface area (Å²) in [7, 11) is 0. The third kappa shape index (κ3) is 6.83. The van der Waals surface area contributed by atoms with E-state index in [1.807, 2.05) is 24.3 Å². The van der Waals surface area contributed by atoms with E-state index in [1.54, 1.807) is 26.1 Å². The predicted octanol–water partition coefficient (Wildman–Crippen LogP) is 1.51. The van der Waals surface area contributed by atoms with Crippen LogP contribution in [0.15, 0.2) is 29.1 Å². The number of anilines is 2. The molecule has 9 nitrogen and oxygen atoms in total. The normalized spacial score (nSPS) is 19.4. The number of nitriles is 1. The van der Waals surface area contributed by atoms with Gasteiger partial charge >= 0.3 is 0 Å². The van der Waals surface area contributed by atoms with Gasteiger partial charge in [-0.3, -0.25) is 23.9 Å². The third-order valence-corrected chi connectivity index (χ3v) is 7.07. The number of amides is 2. The summed E-state index contributed by atoms with van der Waals surface area (Å²) in [5.41, 5.74) is 0.989. The van der Waals surface area contributed by atoms with Crippen molar-refractivity contribution >= 4 is 46.3 Å². The number of aromatic nitrogens is 1. The average Bonchev–Trinajstić information content (AvgIpc) is 3.12. The predicted molar refractivity (Wildman–Crippen MR) is 144 cm³/mol. The summed E-state index contributed by atoms with van der Waals surface area (Å²) >= 11 is 1.09. The van der Waals surface area contributed by atoms with Gasteiger partial charge < -0.3 is 16.0 Å². The SMILES string of the molecule is CCNC(=O)C(C#N)=c1sc(=CNc2cccc(NC(=O)CN3CC(C)CC(C)C3)c2)c(=O)n1CC. The number of piperidine rings is 1. The molecule has 1 aliphatic rings. The van der Waals surface area contributed by atoms with E-state index in [0.717, 1.165) is 24.4 Å². The molecule has 2 atom stereocenters. The molecule has 0 bridgehead atoms. The third-order valence-electron chi connectivity index (χ3n) is 5.94. The Hall–Kier alpha value is -3.42. The Balaban J connectivity index is 1.77. The fourth-order valence-electron chi connectivity index (χ4n) is 4.60. The van der Waals surface area contributed by atoms with Crippen LogP contribution < -0.4 is 30.7 Å². The first-order chi connectivity index (χ1) is 17.2. The van der Waals surface area contributed by atoms with Crippen LogP contribution in [-0.4, -0.2) is 47.5 Å². The van der Waals surface area contributed by atoms with E-state index in [0.29, 0.717) is 52.0 Å². The summed E-state index contributed by atoms with van der Waals surface area (Å²) in [4.78, 5) is 40.0. The number of hydrogen-bond donors (Lipinski definition) is 3. The number of likely N-dealkylation sites (tertiary alicyclic amines) is 1. The summed E-state index contributed by atoms with van der Waals surface area (Å²) in [6.45, 7) is 10.9. The minimum absolute atomic E-state index is 0.0592. The fourth-order valence-corrected chi connectivity index (χ4v) is 5.68. The lowest BCUT2D eigenvalue weighted by molar-refractivity contribution is -0.118. The smallest absolute Gasteiger partial charge is 0.270 e. The minimum Gasteiger partial charge on any atom is -0.360 e. The number of nitrogens with one attached hydrogen (secondary N) is 3. The maximum Gasteiger partial charge on any atom is 0.270 e. The van der Waals surface area contributed by atoms with Crippen molar-refractivity contribution in [1.82, 2.24) is 14.8 Å². The van der Waals surface area contributed by atoms with Gasteiger partial charge in [-0.15, -0.1) is 11.3 Å². The Morgan fingerprint density at radius 3 is 2.53 bits per heavy atom. The molecule has 2 aromatic rings. The number of benzene rings is 1. The second-order valence-corrected chi connectivity index (χ2v) is 10.3. The Labute approximate surface area is 215 Å². The fraction of sp³-hybridized carbons (Fsp3) is 0.462. The average molecular weight is 511 g/mol. The molecule has 0 radical (unpaired) electrons. The number of nitrogens with zero attached hydrogens (tertiary/aromatic N) is 3. The molecule has 3 N–H and O–H groups in total. The highest BCUT2D eigenvalue weighted by Crippen LogP contribution is 2.21. The monoisotopic (exact) mass is 510 g/mol. The number of carbonyl (C=O) groups excluding carboxylic acids is 2. The van der Waals surface area contributed by atoms with Gasteiger partial charge in [0.05, 0.1) is 6.54 Å². The standard InChI is InChI=1S/C26H34N6O3S/c1-5-28-24(34)21(12-27)26-32(6-2)25(35)22(36-26)13-29-19-8-7-9-20(11-19)30-23(33)16-31-14-17(3)10-18(4)15-31/h7-9,11,13,17-18,29H,5-6,10,14-16H2,1-4H3,(H,28,34)(H,30,33). The minimum atomic E-state index is -0.500. The van der Waals surface area contributed by atoms with Gasteiger partial charge in [0.2, 0.25) is 5.91 Å². The largest absolute Gasteiger partial charge is 0.360 e. The Morgan fingerprint density at radius 2 is 1.89 bits per heavy atom. The number of carbonyl (C=O) groups is 2. The summed E-state index contributed by atoms with van der Waals surface area (Å²) in [5.74, 6) is 0.612. The molecule has 0 aliphatic carbocycles. The molecule has 192 valence electrons. The van der Waals surface area contributed by atoms with Crippen LogP contribution in [0.3, 0.4) is 0 Å². The maximum atomic E-state index is 12.9. The van der Waals surface area contributed by atoms with Crippen LogP contribution in [0.5, 0.6) is 0 Å². The zero-order valence-electron chi connectivity index (χ0n) is 21.3. The maximum absolute atomic E-state index is 12.9. The lowest BCUT2D eigenvalue weighted by Gasteiger charge is -2.34. The number of hydrogen-bond acceptors (Lipinski definition) is 7. The molecule has 1 fully saturated rings. The zero-order valence-corrected chi connectivity index (χ0v) is 22.1. The van der Waals surface area contributed by atoms with Gasteiger partial charge in [0.15, 0.2) is 5.57 Å². The Bertz CT molecular complexity index is 1310. The van der Waals surface area contributed by atoms with Crippen LogP contribution in [0.25, 0.3) is 11.8 Å². The summed E-state index contributed by atoms with van der Waals surface area (Å²) in [6.07, 6.45) is 2.76. The molecular formula is C26H34N6O3S. The van der Waals surface area contributed by atoms with E-state index in [4.69, 9.17) is 0 Å². The second kappa shape index (κ2) is 12.5. The molecule has 36 heavy (non-hydrogen) atoms. The molecule has 0 saturated carbocycles. The number of thiazole rings is 1. The molecule has 1 aromatic carbocycles. The van der Waals surface area contributed by atoms with Crippen LogP contribution in [0.1, 0.15) is 34.1 Å². The van der Waals surface area contributed by atoms with Gasteiger partial charge in [-0.05, 0) is 50.3 Å². The van der Waals surface area contributed by atoms with Crippen LogP contribution in [0.2, 0.25) is 0 Å². The summed E-state index contributed by atoms with van der Waals surface area (Å²) < 4.78 is 2.11. The molecule has 2 amide bonds. The molecule has 10 heteroatoms.